The maximum atomic E-state index is 13.0. The van der Waals surface area contributed by atoms with Crippen LogP contribution in [0.2, 0.25) is 5.02 Å². The van der Waals surface area contributed by atoms with E-state index in [9.17, 15) is 22.8 Å². The number of benzene rings is 2. The van der Waals surface area contributed by atoms with Crippen molar-refractivity contribution in [2.45, 2.75) is 13.1 Å². The monoisotopic (exact) mass is 446 g/mol. The number of thioether (sulfide) groups is 1. The first kappa shape index (κ1) is 22.9. The molecular weight excluding hydrogens is 429 g/mol. The van der Waals surface area contributed by atoms with Gasteiger partial charge in [0.15, 0.2) is 0 Å². The summed E-state index contributed by atoms with van der Waals surface area (Å²) in [5, 5.41) is 5.38. The predicted octanol–water partition coefficient (Wildman–Crippen LogP) is 4.99. The molecule has 0 atom stereocenters. The van der Waals surface area contributed by atoms with E-state index in [-0.39, 0.29) is 17.2 Å². The first-order valence-electron chi connectivity index (χ1n) is 8.29. The molecule has 0 saturated heterocycles. The van der Waals surface area contributed by atoms with Crippen molar-refractivity contribution in [2.24, 2.45) is 0 Å². The van der Waals surface area contributed by atoms with Crippen LogP contribution in [0.1, 0.15) is 11.1 Å². The average Bonchev–Trinajstić information content (AvgIpc) is 2.64. The van der Waals surface area contributed by atoms with Gasteiger partial charge in [0.25, 0.3) is 0 Å². The number of methoxy groups -OCH3 is 1. The van der Waals surface area contributed by atoms with Crippen LogP contribution in [-0.2, 0) is 15.8 Å². The fourth-order valence-corrected chi connectivity index (χ4v) is 3.15. The van der Waals surface area contributed by atoms with Crippen LogP contribution in [0.25, 0.3) is 0 Å². The minimum atomic E-state index is -4.58. The van der Waals surface area contributed by atoms with Crippen molar-refractivity contribution >= 4 is 46.6 Å². The van der Waals surface area contributed by atoms with Gasteiger partial charge in [0.2, 0.25) is 11.8 Å². The molecular formula is C19H18ClF3N2O3S. The highest BCUT2D eigenvalue weighted by Gasteiger charge is 2.33. The zero-order chi connectivity index (χ0) is 21.6. The highest BCUT2D eigenvalue weighted by Crippen LogP contribution is 2.34. The van der Waals surface area contributed by atoms with E-state index in [1.54, 1.807) is 19.1 Å². The van der Waals surface area contributed by atoms with E-state index in [0.717, 1.165) is 23.4 Å². The third-order valence-electron chi connectivity index (χ3n) is 3.73. The molecule has 0 spiro atoms. The molecule has 2 rings (SSSR count). The number of nitrogens with one attached hydrogen (secondary N) is 2. The summed E-state index contributed by atoms with van der Waals surface area (Å²) in [6, 6.07) is 7.93. The standard InChI is InChI=1S/C19H18ClF3N2O3S/c1-11-7-15(16(28-2)8-13(11)20)25-18(27)10-29-9-17(26)24-14-6-4-3-5-12(14)19(21,22)23/h3-8H,9-10H2,1-2H3,(H,24,26)(H,25,27). The second-order valence-corrected chi connectivity index (χ2v) is 7.33. The van der Waals surface area contributed by atoms with E-state index in [0.29, 0.717) is 16.5 Å². The zero-order valence-electron chi connectivity index (χ0n) is 15.5. The van der Waals surface area contributed by atoms with E-state index in [1.807, 2.05) is 0 Å². The second kappa shape index (κ2) is 9.89. The summed E-state index contributed by atoms with van der Waals surface area (Å²) < 4.78 is 44.0. The number of ether oxygens (including phenoxy) is 1. The van der Waals surface area contributed by atoms with Crippen molar-refractivity contribution < 1.29 is 27.5 Å². The van der Waals surface area contributed by atoms with Crippen LogP contribution in [0.15, 0.2) is 36.4 Å². The molecule has 0 aliphatic carbocycles. The average molecular weight is 447 g/mol. The number of hydrogen-bond donors (Lipinski definition) is 2. The van der Waals surface area contributed by atoms with E-state index >= 15 is 0 Å². The minimum Gasteiger partial charge on any atom is -0.495 e. The molecule has 2 amide bonds. The maximum absolute atomic E-state index is 13.0. The normalized spacial score (nSPS) is 11.1. The number of alkyl halides is 3. The Morgan fingerprint density at radius 2 is 1.66 bits per heavy atom. The molecule has 0 aliphatic rings. The van der Waals surface area contributed by atoms with Crippen molar-refractivity contribution in [3.63, 3.8) is 0 Å². The van der Waals surface area contributed by atoms with Crippen LogP contribution in [0.4, 0.5) is 24.5 Å². The van der Waals surface area contributed by atoms with Crippen LogP contribution in [0.3, 0.4) is 0 Å². The smallest absolute Gasteiger partial charge is 0.418 e. The SMILES string of the molecule is COc1cc(Cl)c(C)cc1NC(=O)CSCC(=O)Nc1ccccc1C(F)(F)F. The number of aryl methyl sites for hydroxylation is 1. The first-order chi connectivity index (χ1) is 13.6. The van der Waals surface area contributed by atoms with Crippen molar-refractivity contribution in [3.8, 4) is 5.75 Å². The fraction of sp³-hybridized carbons (Fsp3) is 0.263. The number of rotatable bonds is 7. The molecule has 0 bridgehead atoms. The summed E-state index contributed by atoms with van der Waals surface area (Å²) in [6.07, 6.45) is -4.58. The van der Waals surface area contributed by atoms with Gasteiger partial charge in [-0.05, 0) is 30.7 Å². The topological polar surface area (TPSA) is 67.4 Å². The van der Waals surface area contributed by atoms with Crippen LogP contribution < -0.4 is 15.4 Å². The number of hydrogen-bond acceptors (Lipinski definition) is 4. The van der Waals surface area contributed by atoms with Gasteiger partial charge in [-0.2, -0.15) is 13.2 Å². The number of anilines is 2. The molecule has 2 aromatic rings. The van der Waals surface area contributed by atoms with E-state index in [2.05, 4.69) is 10.6 Å². The van der Waals surface area contributed by atoms with Gasteiger partial charge in [0.1, 0.15) is 5.75 Å². The summed E-state index contributed by atoms with van der Waals surface area (Å²) in [5.41, 5.74) is -0.0700. The lowest BCUT2D eigenvalue weighted by Gasteiger charge is -2.13. The van der Waals surface area contributed by atoms with Gasteiger partial charge in [-0.1, -0.05) is 23.7 Å². The van der Waals surface area contributed by atoms with Crippen molar-refractivity contribution in [1.29, 1.82) is 0 Å². The third-order valence-corrected chi connectivity index (χ3v) is 5.07. The van der Waals surface area contributed by atoms with E-state index in [4.69, 9.17) is 16.3 Å². The van der Waals surface area contributed by atoms with Gasteiger partial charge < -0.3 is 15.4 Å². The highest BCUT2D eigenvalue weighted by molar-refractivity contribution is 8.00. The lowest BCUT2D eigenvalue weighted by atomic mass is 10.1. The molecule has 2 N–H and O–H groups in total. The van der Waals surface area contributed by atoms with Gasteiger partial charge in [-0.25, -0.2) is 0 Å². The number of carbonyl (C=O) groups excluding carboxylic acids is 2. The molecule has 2 aromatic carbocycles. The highest BCUT2D eigenvalue weighted by atomic mass is 35.5. The zero-order valence-corrected chi connectivity index (χ0v) is 17.1. The Morgan fingerprint density at radius 1 is 1.07 bits per heavy atom. The van der Waals surface area contributed by atoms with Gasteiger partial charge in [-0.3, -0.25) is 9.59 Å². The number of amides is 2. The van der Waals surface area contributed by atoms with Crippen LogP contribution >= 0.6 is 23.4 Å². The van der Waals surface area contributed by atoms with Crippen molar-refractivity contribution in [1.82, 2.24) is 0 Å². The number of halogens is 4. The Kier molecular flexibility index (Phi) is 7.80. The van der Waals surface area contributed by atoms with E-state index in [1.165, 1.54) is 25.3 Å². The molecule has 0 radical (unpaired) electrons. The van der Waals surface area contributed by atoms with Crippen molar-refractivity contribution in [2.75, 3.05) is 29.2 Å². The first-order valence-corrected chi connectivity index (χ1v) is 9.83. The quantitative estimate of drug-likeness (QED) is 0.629. The Balaban J connectivity index is 1.89. The molecule has 0 unspecified atom stereocenters. The molecule has 0 fully saturated rings. The Labute approximate surface area is 175 Å². The molecule has 10 heteroatoms. The van der Waals surface area contributed by atoms with Crippen LogP contribution in [-0.4, -0.2) is 30.4 Å². The lowest BCUT2D eigenvalue weighted by Crippen LogP contribution is -2.20. The third kappa shape index (κ3) is 6.57. The number of carbonyl (C=O) groups is 2. The molecule has 0 aromatic heterocycles. The Hall–Kier alpha value is -2.39. The van der Waals surface area contributed by atoms with Gasteiger partial charge in [0, 0.05) is 11.1 Å². The van der Waals surface area contributed by atoms with Gasteiger partial charge in [-0.15, -0.1) is 11.8 Å². The van der Waals surface area contributed by atoms with Crippen molar-refractivity contribution in [3.05, 3.63) is 52.5 Å². The largest absolute Gasteiger partial charge is 0.495 e. The Bertz CT molecular complexity index is 907. The number of para-hydroxylation sites is 1. The minimum absolute atomic E-state index is 0.0703. The molecule has 0 saturated carbocycles. The Morgan fingerprint density at radius 3 is 2.24 bits per heavy atom. The summed E-state index contributed by atoms with van der Waals surface area (Å²) in [4.78, 5) is 24.0. The molecule has 5 nitrogen and oxygen atoms in total. The summed E-state index contributed by atoms with van der Waals surface area (Å²) in [7, 11) is 1.44. The molecule has 156 valence electrons. The van der Waals surface area contributed by atoms with E-state index < -0.39 is 23.6 Å². The molecule has 0 heterocycles. The molecule has 0 aliphatic heterocycles. The second-order valence-electron chi connectivity index (χ2n) is 5.93. The summed E-state index contributed by atoms with van der Waals surface area (Å²) in [5.74, 6) is -0.895. The predicted molar refractivity (Wildman–Crippen MR) is 109 cm³/mol. The summed E-state index contributed by atoms with van der Waals surface area (Å²) in [6.45, 7) is 1.77. The fourth-order valence-electron chi connectivity index (χ4n) is 2.38. The lowest BCUT2D eigenvalue weighted by molar-refractivity contribution is -0.137. The summed E-state index contributed by atoms with van der Waals surface area (Å²) >= 11 is 6.98. The van der Waals surface area contributed by atoms with Gasteiger partial charge in [0.05, 0.1) is 35.6 Å². The molecule has 29 heavy (non-hydrogen) atoms. The maximum Gasteiger partial charge on any atom is 0.418 e. The van der Waals surface area contributed by atoms with Crippen LogP contribution in [0, 0.1) is 6.92 Å². The van der Waals surface area contributed by atoms with Gasteiger partial charge >= 0.3 is 6.18 Å². The van der Waals surface area contributed by atoms with Crippen LogP contribution in [0.5, 0.6) is 5.75 Å².